The molecule has 1 aliphatic heterocycles. The summed E-state index contributed by atoms with van der Waals surface area (Å²) >= 11 is 3.75. The Hall–Kier alpha value is -1.16. The van der Waals surface area contributed by atoms with Gasteiger partial charge in [-0.3, -0.25) is 0 Å². The van der Waals surface area contributed by atoms with E-state index in [4.69, 9.17) is 0 Å². The molecule has 1 aliphatic rings. The number of benzene rings is 2. The zero-order chi connectivity index (χ0) is 12.7. The fourth-order valence-electron chi connectivity index (χ4n) is 2.24. The van der Waals surface area contributed by atoms with Gasteiger partial charge in [0.1, 0.15) is 10.9 Å². The van der Waals surface area contributed by atoms with Crippen molar-refractivity contribution in [1.29, 1.82) is 0 Å². The average Bonchev–Trinajstić information content (AvgIpc) is 2.98. The molecule has 0 spiro atoms. The van der Waals surface area contributed by atoms with Crippen LogP contribution in [0.2, 0.25) is 0 Å². The first-order valence-corrected chi connectivity index (χ1v) is 8.99. The molecule has 3 heteroatoms. The summed E-state index contributed by atoms with van der Waals surface area (Å²) in [5, 5.41) is 2.18. The third-order valence-corrected chi connectivity index (χ3v) is 8.04. The van der Waals surface area contributed by atoms with Crippen LogP contribution in [0, 0.1) is 0 Å². The van der Waals surface area contributed by atoms with Crippen LogP contribution >= 0.6 is 23.1 Å². The molecule has 0 nitrogen and oxygen atoms in total. The van der Waals surface area contributed by atoms with Crippen molar-refractivity contribution in [3.05, 3.63) is 66.0 Å². The van der Waals surface area contributed by atoms with Crippen molar-refractivity contribution in [2.45, 2.75) is 23.8 Å². The van der Waals surface area contributed by atoms with E-state index in [1.54, 1.807) is 0 Å². The van der Waals surface area contributed by atoms with Gasteiger partial charge in [0.25, 0.3) is 0 Å². The molecule has 0 unspecified atom stereocenters. The zero-order valence-electron chi connectivity index (χ0n) is 10.1. The Kier molecular flexibility index (Phi) is 2.91. The van der Waals surface area contributed by atoms with E-state index in [1.165, 1.54) is 23.8 Å². The molecule has 2 heterocycles. The summed E-state index contributed by atoms with van der Waals surface area (Å²) in [5.74, 6) is 0. The maximum atomic E-state index is 2.28. The SMILES string of the molecule is c1csc([S+]2c3ccccc3Sc3ccccc32)c1. The molecule has 19 heavy (non-hydrogen) atoms. The first-order chi connectivity index (χ1) is 9.43. The van der Waals surface area contributed by atoms with Crippen molar-refractivity contribution >= 4 is 34.0 Å². The molecule has 0 N–H and O–H groups in total. The number of fused-ring (bicyclic) bond motifs is 2. The molecule has 0 saturated heterocycles. The molecule has 0 radical (unpaired) electrons. The largest absolute Gasteiger partial charge is 0.220 e. The van der Waals surface area contributed by atoms with E-state index in [9.17, 15) is 0 Å². The van der Waals surface area contributed by atoms with Gasteiger partial charge in [0.05, 0.1) is 9.79 Å². The molecule has 0 amide bonds. The molecular weight excluding hydrogens is 288 g/mol. The smallest absolute Gasteiger partial charge is 0.0936 e. The maximum absolute atomic E-state index is 2.28. The fourth-order valence-corrected chi connectivity index (χ4v) is 7.25. The topological polar surface area (TPSA) is 0 Å². The van der Waals surface area contributed by atoms with Crippen molar-refractivity contribution in [2.24, 2.45) is 0 Å². The Morgan fingerprint density at radius 3 is 1.89 bits per heavy atom. The van der Waals surface area contributed by atoms with Crippen LogP contribution in [0.25, 0.3) is 0 Å². The third kappa shape index (κ3) is 1.93. The predicted molar refractivity (Wildman–Crippen MR) is 83.5 cm³/mol. The number of hydrogen-bond acceptors (Lipinski definition) is 2. The zero-order valence-corrected chi connectivity index (χ0v) is 12.5. The van der Waals surface area contributed by atoms with E-state index in [1.807, 2.05) is 23.1 Å². The highest BCUT2D eigenvalue weighted by atomic mass is 32.2. The van der Waals surface area contributed by atoms with Crippen molar-refractivity contribution < 1.29 is 0 Å². The Morgan fingerprint density at radius 2 is 1.32 bits per heavy atom. The van der Waals surface area contributed by atoms with E-state index in [2.05, 4.69) is 66.0 Å². The lowest BCUT2D eigenvalue weighted by atomic mass is 10.3. The lowest BCUT2D eigenvalue weighted by Crippen LogP contribution is -2.09. The lowest BCUT2D eigenvalue weighted by molar-refractivity contribution is 1.13. The van der Waals surface area contributed by atoms with Crippen LogP contribution in [0.3, 0.4) is 0 Å². The highest BCUT2D eigenvalue weighted by Gasteiger charge is 2.38. The van der Waals surface area contributed by atoms with E-state index in [0.29, 0.717) is 0 Å². The molecule has 0 bridgehead atoms. The van der Waals surface area contributed by atoms with E-state index in [0.717, 1.165) is 0 Å². The molecular formula is C16H11S3+. The fraction of sp³-hybridized carbons (Fsp3) is 0. The Labute approximate surface area is 123 Å². The van der Waals surface area contributed by atoms with Gasteiger partial charge in [0.2, 0.25) is 4.21 Å². The van der Waals surface area contributed by atoms with Gasteiger partial charge in [0.15, 0.2) is 9.79 Å². The van der Waals surface area contributed by atoms with Crippen molar-refractivity contribution in [1.82, 2.24) is 0 Å². The van der Waals surface area contributed by atoms with E-state index < -0.39 is 0 Å². The lowest BCUT2D eigenvalue weighted by Gasteiger charge is -2.17. The first kappa shape index (κ1) is 11.6. The monoisotopic (exact) mass is 299 g/mol. The van der Waals surface area contributed by atoms with Gasteiger partial charge >= 0.3 is 0 Å². The average molecular weight is 299 g/mol. The van der Waals surface area contributed by atoms with Gasteiger partial charge < -0.3 is 0 Å². The second-order valence-electron chi connectivity index (χ2n) is 4.23. The quantitative estimate of drug-likeness (QED) is 0.429. The minimum atomic E-state index is 0.0709. The summed E-state index contributed by atoms with van der Waals surface area (Å²) in [6.07, 6.45) is 0. The summed E-state index contributed by atoms with van der Waals surface area (Å²) in [6.45, 7) is 0. The molecule has 92 valence electrons. The van der Waals surface area contributed by atoms with Gasteiger partial charge in [-0.15, -0.1) is 0 Å². The highest BCUT2D eigenvalue weighted by Crippen LogP contribution is 2.48. The molecule has 0 fully saturated rings. The van der Waals surface area contributed by atoms with Gasteiger partial charge in [0, 0.05) is 6.07 Å². The number of hydrogen-bond donors (Lipinski definition) is 0. The Bertz CT molecular complexity index is 671. The minimum Gasteiger partial charge on any atom is -0.0936 e. The molecule has 0 atom stereocenters. The van der Waals surface area contributed by atoms with Crippen LogP contribution in [0.4, 0.5) is 0 Å². The van der Waals surface area contributed by atoms with E-state index in [-0.39, 0.29) is 10.9 Å². The third-order valence-electron chi connectivity index (χ3n) is 3.05. The molecule has 0 saturated carbocycles. The molecule has 4 rings (SSSR count). The number of rotatable bonds is 1. The minimum absolute atomic E-state index is 0.0709. The molecule has 2 aromatic carbocycles. The summed E-state index contributed by atoms with van der Waals surface area (Å²) in [5.41, 5.74) is 0. The van der Waals surface area contributed by atoms with Crippen molar-refractivity contribution in [2.75, 3.05) is 0 Å². The predicted octanol–water partition coefficient (Wildman–Crippen LogP) is 5.31. The van der Waals surface area contributed by atoms with Crippen LogP contribution in [-0.4, -0.2) is 0 Å². The highest BCUT2D eigenvalue weighted by molar-refractivity contribution is 8.04. The van der Waals surface area contributed by atoms with Crippen LogP contribution in [0.1, 0.15) is 0 Å². The molecule has 3 aromatic rings. The normalized spacial score (nSPS) is 13.9. The summed E-state index contributed by atoms with van der Waals surface area (Å²) in [4.78, 5) is 5.73. The summed E-state index contributed by atoms with van der Waals surface area (Å²) < 4.78 is 1.46. The summed E-state index contributed by atoms with van der Waals surface area (Å²) in [7, 11) is 0.0709. The van der Waals surface area contributed by atoms with Crippen molar-refractivity contribution in [3.8, 4) is 0 Å². The first-order valence-electron chi connectivity index (χ1n) is 6.07. The van der Waals surface area contributed by atoms with Crippen LogP contribution in [0.15, 0.2) is 89.8 Å². The van der Waals surface area contributed by atoms with Gasteiger partial charge in [-0.05, 0) is 35.7 Å². The van der Waals surface area contributed by atoms with Crippen molar-refractivity contribution in [3.63, 3.8) is 0 Å². The van der Waals surface area contributed by atoms with E-state index >= 15 is 0 Å². The van der Waals surface area contributed by atoms with Crippen LogP contribution in [-0.2, 0) is 10.9 Å². The summed E-state index contributed by atoms with van der Waals surface area (Å²) in [6, 6.07) is 22.0. The standard InChI is InChI=1S/C16H11S3/c1-3-8-14-12(6-1)18-13-7-2-4-9-15(13)19(14)16-10-5-11-17-16/h1-11H/q+1. The second kappa shape index (κ2) is 4.75. The maximum Gasteiger partial charge on any atom is 0.220 e. The van der Waals surface area contributed by atoms with Gasteiger partial charge in [-0.25, -0.2) is 0 Å². The second-order valence-corrected chi connectivity index (χ2v) is 8.46. The Balaban J connectivity index is 1.98. The Morgan fingerprint density at radius 1 is 0.684 bits per heavy atom. The van der Waals surface area contributed by atoms with Crippen LogP contribution in [0.5, 0.6) is 0 Å². The molecule has 0 aliphatic carbocycles. The molecule has 1 aromatic heterocycles. The number of thiophene rings is 1. The van der Waals surface area contributed by atoms with Gasteiger partial charge in [-0.1, -0.05) is 47.4 Å². The van der Waals surface area contributed by atoms with Gasteiger partial charge in [-0.2, -0.15) is 0 Å². The van der Waals surface area contributed by atoms with Crippen LogP contribution < -0.4 is 0 Å².